The van der Waals surface area contributed by atoms with Gasteiger partial charge in [0.25, 0.3) is 0 Å². The number of benzene rings is 2. The molecule has 4 rings (SSSR count). The standard InChI is InChI=1S/C20H15ClO6/c1-2-25-20(24)18-15(10-7-8-13(22)12(21)9-10)16-17(27-18)11-5-3-4-6-14(11)26-19(16)23/h3-9,15,18,22H,2H2,1H3/t15-,18-/m1/s1. The maximum atomic E-state index is 12.7. The molecule has 1 aliphatic heterocycles. The summed E-state index contributed by atoms with van der Waals surface area (Å²) in [6.45, 7) is 1.86. The predicted octanol–water partition coefficient (Wildman–Crippen LogP) is 3.61. The molecule has 0 aliphatic carbocycles. The van der Waals surface area contributed by atoms with Crippen LogP contribution in [0, 0.1) is 0 Å². The van der Waals surface area contributed by atoms with E-state index in [1.807, 2.05) is 0 Å². The van der Waals surface area contributed by atoms with Gasteiger partial charge in [0.05, 0.1) is 28.5 Å². The molecule has 0 fully saturated rings. The van der Waals surface area contributed by atoms with E-state index in [2.05, 4.69) is 0 Å². The lowest BCUT2D eigenvalue weighted by molar-refractivity contribution is -0.151. The van der Waals surface area contributed by atoms with Crippen molar-refractivity contribution in [1.29, 1.82) is 0 Å². The van der Waals surface area contributed by atoms with Crippen molar-refractivity contribution in [3.8, 4) is 11.5 Å². The summed E-state index contributed by atoms with van der Waals surface area (Å²) in [6, 6.07) is 11.4. The Morgan fingerprint density at radius 3 is 2.78 bits per heavy atom. The van der Waals surface area contributed by atoms with Gasteiger partial charge in [-0.2, -0.15) is 0 Å². The molecular formula is C20H15ClO6. The van der Waals surface area contributed by atoms with E-state index in [4.69, 9.17) is 25.5 Å². The molecular weight excluding hydrogens is 372 g/mol. The Morgan fingerprint density at radius 1 is 1.26 bits per heavy atom. The first kappa shape index (κ1) is 17.4. The van der Waals surface area contributed by atoms with E-state index in [-0.39, 0.29) is 22.9 Å². The van der Waals surface area contributed by atoms with Gasteiger partial charge in [0.15, 0.2) is 0 Å². The van der Waals surface area contributed by atoms with E-state index in [1.54, 1.807) is 37.3 Å². The number of esters is 1. The van der Waals surface area contributed by atoms with Gasteiger partial charge < -0.3 is 19.0 Å². The van der Waals surface area contributed by atoms with Gasteiger partial charge in [0.2, 0.25) is 6.10 Å². The molecule has 0 unspecified atom stereocenters. The Labute approximate surface area is 158 Å². The molecule has 0 spiro atoms. The third kappa shape index (κ3) is 2.82. The molecule has 0 saturated heterocycles. The van der Waals surface area contributed by atoms with Crippen molar-refractivity contribution in [3.63, 3.8) is 0 Å². The quantitative estimate of drug-likeness (QED) is 0.546. The van der Waals surface area contributed by atoms with Crippen LogP contribution in [0.15, 0.2) is 51.7 Å². The summed E-state index contributed by atoms with van der Waals surface area (Å²) < 4.78 is 16.5. The molecule has 0 saturated carbocycles. The number of phenols is 1. The maximum absolute atomic E-state index is 12.7. The monoisotopic (exact) mass is 386 g/mol. The largest absolute Gasteiger partial charge is 0.506 e. The second-order valence-electron chi connectivity index (χ2n) is 6.11. The van der Waals surface area contributed by atoms with E-state index in [0.717, 1.165) is 0 Å². The van der Waals surface area contributed by atoms with Crippen molar-refractivity contribution in [3.05, 3.63) is 69.0 Å². The lowest BCUT2D eigenvalue weighted by Gasteiger charge is -2.17. The van der Waals surface area contributed by atoms with Crippen molar-refractivity contribution >= 4 is 28.5 Å². The molecule has 1 N–H and O–H groups in total. The van der Waals surface area contributed by atoms with Crippen LogP contribution in [-0.2, 0) is 9.53 Å². The Bertz CT molecular complexity index is 1100. The summed E-state index contributed by atoms with van der Waals surface area (Å²) in [7, 11) is 0. The van der Waals surface area contributed by atoms with Gasteiger partial charge in [0.1, 0.15) is 17.1 Å². The molecule has 0 radical (unpaired) electrons. The Balaban J connectivity index is 1.96. The van der Waals surface area contributed by atoms with E-state index in [1.165, 1.54) is 12.1 Å². The molecule has 2 heterocycles. The topological polar surface area (TPSA) is 86.0 Å². The number of halogens is 1. The van der Waals surface area contributed by atoms with E-state index in [0.29, 0.717) is 22.3 Å². The lowest BCUT2D eigenvalue weighted by atomic mass is 9.88. The van der Waals surface area contributed by atoms with Crippen molar-refractivity contribution in [2.75, 3.05) is 6.61 Å². The smallest absolute Gasteiger partial charge is 0.348 e. The average Bonchev–Trinajstić information content (AvgIpc) is 3.06. The number of fused-ring (bicyclic) bond motifs is 3. The highest BCUT2D eigenvalue weighted by Gasteiger charge is 2.45. The van der Waals surface area contributed by atoms with Gasteiger partial charge in [-0.05, 0) is 36.8 Å². The third-order valence-corrected chi connectivity index (χ3v) is 4.81. The first-order valence-electron chi connectivity index (χ1n) is 8.38. The first-order valence-corrected chi connectivity index (χ1v) is 8.76. The highest BCUT2D eigenvalue weighted by molar-refractivity contribution is 6.32. The SMILES string of the molecule is CCOC(=O)[C@@H]1Oc2c(c(=O)oc3ccccc23)[C@H]1c1ccc(O)c(Cl)c1. The minimum atomic E-state index is -1.06. The molecule has 27 heavy (non-hydrogen) atoms. The minimum Gasteiger partial charge on any atom is -0.506 e. The van der Waals surface area contributed by atoms with E-state index < -0.39 is 23.6 Å². The van der Waals surface area contributed by atoms with Crippen molar-refractivity contribution in [2.45, 2.75) is 18.9 Å². The summed E-state index contributed by atoms with van der Waals surface area (Å²) in [5, 5.41) is 10.4. The zero-order valence-electron chi connectivity index (χ0n) is 14.3. The number of phenolic OH excluding ortho intramolecular Hbond substituents is 1. The summed E-state index contributed by atoms with van der Waals surface area (Å²) in [6.07, 6.45) is -1.06. The first-order chi connectivity index (χ1) is 13.0. The Morgan fingerprint density at radius 2 is 2.04 bits per heavy atom. The molecule has 6 nitrogen and oxygen atoms in total. The zero-order chi connectivity index (χ0) is 19.1. The van der Waals surface area contributed by atoms with Crippen LogP contribution in [0.5, 0.6) is 11.5 Å². The second kappa shape index (κ2) is 6.63. The molecule has 1 aliphatic rings. The molecule has 7 heteroatoms. The maximum Gasteiger partial charge on any atom is 0.348 e. The predicted molar refractivity (Wildman–Crippen MR) is 98.5 cm³/mol. The fourth-order valence-electron chi connectivity index (χ4n) is 3.34. The second-order valence-corrected chi connectivity index (χ2v) is 6.51. The number of carbonyl (C=O) groups is 1. The molecule has 2 atom stereocenters. The summed E-state index contributed by atoms with van der Waals surface area (Å²) in [5.74, 6) is -1.16. The highest BCUT2D eigenvalue weighted by atomic mass is 35.5. The molecule has 138 valence electrons. The molecule has 3 aromatic rings. The van der Waals surface area contributed by atoms with Gasteiger partial charge in [-0.15, -0.1) is 0 Å². The Kier molecular flexibility index (Phi) is 4.28. The number of para-hydroxylation sites is 1. The van der Waals surface area contributed by atoms with Crippen molar-refractivity contribution < 1.29 is 23.8 Å². The third-order valence-electron chi connectivity index (χ3n) is 4.51. The summed E-state index contributed by atoms with van der Waals surface area (Å²) in [5.41, 5.74) is 0.545. The summed E-state index contributed by atoms with van der Waals surface area (Å²) in [4.78, 5) is 25.2. The number of hydrogen-bond acceptors (Lipinski definition) is 6. The van der Waals surface area contributed by atoms with Crippen LogP contribution >= 0.6 is 11.6 Å². The minimum absolute atomic E-state index is 0.0993. The van der Waals surface area contributed by atoms with Gasteiger partial charge >= 0.3 is 11.6 Å². The van der Waals surface area contributed by atoms with Gasteiger partial charge in [-0.1, -0.05) is 29.8 Å². The van der Waals surface area contributed by atoms with Crippen LogP contribution < -0.4 is 10.4 Å². The van der Waals surface area contributed by atoms with E-state index >= 15 is 0 Å². The lowest BCUT2D eigenvalue weighted by Crippen LogP contribution is -2.32. The summed E-state index contributed by atoms with van der Waals surface area (Å²) >= 11 is 6.03. The van der Waals surface area contributed by atoms with Crippen LogP contribution in [0.25, 0.3) is 11.0 Å². The molecule has 2 aromatic carbocycles. The molecule has 0 amide bonds. The fraction of sp³-hybridized carbons (Fsp3) is 0.200. The van der Waals surface area contributed by atoms with Crippen LogP contribution in [-0.4, -0.2) is 23.8 Å². The highest BCUT2D eigenvalue weighted by Crippen LogP contribution is 2.45. The number of rotatable bonds is 3. The number of ether oxygens (including phenoxy) is 2. The number of hydrogen-bond donors (Lipinski definition) is 1. The van der Waals surface area contributed by atoms with Crippen LogP contribution in [0.4, 0.5) is 0 Å². The van der Waals surface area contributed by atoms with E-state index in [9.17, 15) is 14.7 Å². The number of carbonyl (C=O) groups excluding carboxylic acids is 1. The van der Waals surface area contributed by atoms with Crippen LogP contribution in [0.3, 0.4) is 0 Å². The van der Waals surface area contributed by atoms with Crippen molar-refractivity contribution in [2.24, 2.45) is 0 Å². The van der Waals surface area contributed by atoms with Crippen molar-refractivity contribution in [1.82, 2.24) is 0 Å². The van der Waals surface area contributed by atoms with Gasteiger partial charge in [0, 0.05) is 0 Å². The Hall–Kier alpha value is -2.99. The fourth-order valence-corrected chi connectivity index (χ4v) is 3.53. The number of aromatic hydroxyl groups is 1. The van der Waals surface area contributed by atoms with Crippen LogP contribution in [0.2, 0.25) is 5.02 Å². The van der Waals surface area contributed by atoms with Gasteiger partial charge in [-0.3, -0.25) is 0 Å². The normalized spacial score (nSPS) is 18.1. The molecule has 0 bridgehead atoms. The zero-order valence-corrected chi connectivity index (χ0v) is 15.0. The average molecular weight is 387 g/mol. The van der Waals surface area contributed by atoms with Gasteiger partial charge in [-0.25, -0.2) is 9.59 Å². The van der Waals surface area contributed by atoms with Crippen LogP contribution in [0.1, 0.15) is 24.0 Å². The molecule has 1 aromatic heterocycles.